The van der Waals surface area contributed by atoms with Crippen LogP contribution in [0.1, 0.15) is 59.8 Å². The summed E-state index contributed by atoms with van der Waals surface area (Å²) in [5, 5.41) is 0. The third-order valence-corrected chi connectivity index (χ3v) is 5.02. The zero-order chi connectivity index (χ0) is 18.4. The summed E-state index contributed by atoms with van der Waals surface area (Å²) in [6.45, 7) is 11.4. The minimum atomic E-state index is -0.447. The first-order chi connectivity index (χ1) is 11.8. The van der Waals surface area contributed by atoms with E-state index < -0.39 is 5.60 Å². The monoisotopic (exact) mass is 354 g/mol. The summed E-state index contributed by atoms with van der Waals surface area (Å²) in [7, 11) is 0. The van der Waals surface area contributed by atoms with Crippen molar-refractivity contribution in [1.29, 1.82) is 0 Å². The lowest BCUT2D eigenvalue weighted by atomic mass is 9.94. The molecular weight excluding hydrogens is 320 g/mol. The maximum atomic E-state index is 12.3. The minimum absolute atomic E-state index is 0.0425. The standard InChI is InChI=1S/C19H34N2O4/c1-5-24-17(22)15-8-12-20(13-9-15)16-7-6-11-21(14-10-16)18(23)25-19(2,3)4/h15-16H,5-14H2,1-4H3. The molecule has 6 nitrogen and oxygen atoms in total. The zero-order valence-corrected chi connectivity index (χ0v) is 16.3. The lowest BCUT2D eigenvalue weighted by molar-refractivity contribution is -0.149. The van der Waals surface area contributed by atoms with Gasteiger partial charge in [-0.1, -0.05) is 0 Å². The minimum Gasteiger partial charge on any atom is -0.466 e. The van der Waals surface area contributed by atoms with Gasteiger partial charge in [0.1, 0.15) is 5.60 Å². The normalized spacial score (nSPS) is 23.8. The zero-order valence-electron chi connectivity index (χ0n) is 16.3. The Hall–Kier alpha value is -1.30. The van der Waals surface area contributed by atoms with Gasteiger partial charge in [-0.15, -0.1) is 0 Å². The molecule has 1 unspecified atom stereocenters. The van der Waals surface area contributed by atoms with Crippen LogP contribution >= 0.6 is 0 Å². The van der Waals surface area contributed by atoms with Crippen LogP contribution in [0.4, 0.5) is 4.79 Å². The number of carbonyl (C=O) groups is 2. The maximum absolute atomic E-state index is 12.3. The highest BCUT2D eigenvalue weighted by Crippen LogP contribution is 2.25. The van der Waals surface area contributed by atoms with Gasteiger partial charge >= 0.3 is 12.1 Å². The highest BCUT2D eigenvalue weighted by atomic mass is 16.6. The van der Waals surface area contributed by atoms with Crippen molar-refractivity contribution in [2.75, 3.05) is 32.8 Å². The van der Waals surface area contributed by atoms with Crippen LogP contribution in [-0.2, 0) is 14.3 Å². The molecule has 0 spiro atoms. The molecule has 2 heterocycles. The van der Waals surface area contributed by atoms with E-state index in [1.807, 2.05) is 32.6 Å². The first-order valence-electron chi connectivity index (χ1n) is 9.68. The van der Waals surface area contributed by atoms with Gasteiger partial charge in [0.25, 0.3) is 0 Å². The lowest BCUT2D eigenvalue weighted by Crippen LogP contribution is -2.44. The third kappa shape index (κ3) is 6.17. The van der Waals surface area contributed by atoms with E-state index in [1.165, 1.54) is 0 Å². The number of ether oxygens (including phenoxy) is 2. The molecule has 0 aromatic rings. The lowest BCUT2D eigenvalue weighted by Gasteiger charge is -2.36. The van der Waals surface area contributed by atoms with E-state index in [0.717, 1.165) is 58.3 Å². The second-order valence-corrected chi connectivity index (χ2v) is 8.11. The number of rotatable bonds is 3. The average Bonchev–Trinajstić information content (AvgIpc) is 2.80. The van der Waals surface area contributed by atoms with Crippen LogP contribution in [0, 0.1) is 5.92 Å². The van der Waals surface area contributed by atoms with Gasteiger partial charge in [-0.05, 0) is 72.9 Å². The second kappa shape index (κ2) is 8.88. The van der Waals surface area contributed by atoms with Crippen molar-refractivity contribution in [2.24, 2.45) is 5.92 Å². The Labute approximate surface area is 151 Å². The molecule has 6 heteroatoms. The fourth-order valence-corrected chi connectivity index (χ4v) is 3.71. The molecule has 2 aliphatic rings. The number of esters is 1. The summed E-state index contributed by atoms with van der Waals surface area (Å²) in [4.78, 5) is 28.5. The Bertz CT molecular complexity index is 453. The molecule has 0 bridgehead atoms. The number of hydrogen-bond acceptors (Lipinski definition) is 5. The third-order valence-electron chi connectivity index (χ3n) is 5.02. The molecule has 2 saturated heterocycles. The molecule has 144 valence electrons. The fourth-order valence-electron chi connectivity index (χ4n) is 3.71. The van der Waals surface area contributed by atoms with Crippen molar-refractivity contribution < 1.29 is 19.1 Å². The van der Waals surface area contributed by atoms with Crippen molar-refractivity contribution in [3.8, 4) is 0 Å². The first kappa shape index (κ1) is 20.0. The summed E-state index contributed by atoms with van der Waals surface area (Å²) in [5.74, 6) is 0.0133. The van der Waals surface area contributed by atoms with Gasteiger partial charge in [0.2, 0.25) is 0 Å². The van der Waals surface area contributed by atoms with Crippen LogP contribution in [0.5, 0.6) is 0 Å². The van der Waals surface area contributed by atoms with Crippen LogP contribution in [0.3, 0.4) is 0 Å². The van der Waals surface area contributed by atoms with E-state index in [2.05, 4.69) is 4.90 Å². The molecular formula is C19H34N2O4. The molecule has 2 fully saturated rings. The number of carbonyl (C=O) groups excluding carboxylic acids is 2. The van der Waals surface area contributed by atoms with Gasteiger partial charge < -0.3 is 19.3 Å². The Morgan fingerprint density at radius 3 is 2.28 bits per heavy atom. The highest BCUT2D eigenvalue weighted by Gasteiger charge is 2.31. The van der Waals surface area contributed by atoms with E-state index in [0.29, 0.717) is 12.6 Å². The number of amides is 1. The van der Waals surface area contributed by atoms with Crippen molar-refractivity contribution in [3.63, 3.8) is 0 Å². The van der Waals surface area contributed by atoms with E-state index in [-0.39, 0.29) is 18.0 Å². The summed E-state index contributed by atoms with van der Waals surface area (Å²) in [6.07, 6.45) is 4.64. The van der Waals surface area contributed by atoms with Crippen molar-refractivity contribution in [2.45, 2.75) is 71.4 Å². The SMILES string of the molecule is CCOC(=O)C1CCN(C2CCCN(C(=O)OC(C)(C)C)CC2)CC1. The molecule has 1 amide bonds. The van der Waals surface area contributed by atoms with Crippen LogP contribution in [0.25, 0.3) is 0 Å². The quantitative estimate of drug-likeness (QED) is 0.729. The molecule has 1 atom stereocenters. The molecule has 0 aromatic carbocycles. The van der Waals surface area contributed by atoms with Crippen molar-refractivity contribution in [1.82, 2.24) is 9.80 Å². The van der Waals surface area contributed by atoms with Crippen molar-refractivity contribution >= 4 is 12.1 Å². The van der Waals surface area contributed by atoms with Crippen LogP contribution in [-0.4, -0.2) is 66.3 Å². The van der Waals surface area contributed by atoms with Crippen LogP contribution in [0.2, 0.25) is 0 Å². The highest BCUT2D eigenvalue weighted by molar-refractivity contribution is 5.72. The van der Waals surface area contributed by atoms with Gasteiger partial charge in [0.15, 0.2) is 0 Å². The average molecular weight is 354 g/mol. The Morgan fingerprint density at radius 2 is 1.68 bits per heavy atom. The summed E-state index contributed by atoms with van der Waals surface area (Å²) in [6, 6.07) is 0.496. The molecule has 0 aliphatic carbocycles. The molecule has 0 saturated carbocycles. The molecule has 2 aliphatic heterocycles. The van der Waals surface area contributed by atoms with Gasteiger partial charge in [0.05, 0.1) is 12.5 Å². The van der Waals surface area contributed by atoms with E-state index >= 15 is 0 Å². The van der Waals surface area contributed by atoms with Crippen LogP contribution in [0.15, 0.2) is 0 Å². The summed E-state index contributed by atoms with van der Waals surface area (Å²) in [5.41, 5.74) is -0.447. The topological polar surface area (TPSA) is 59.1 Å². The van der Waals surface area contributed by atoms with E-state index in [9.17, 15) is 9.59 Å². The Kier molecular flexibility index (Phi) is 7.11. The van der Waals surface area contributed by atoms with Crippen molar-refractivity contribution in [3.05, 3.63) is 0 Å². The second-order valence-electron chi connectivity index (χ2n) is 8.11. The van der Waals surface area contributed by atoms with Gasteiger partial charge in [-0.2, -0.15) is 0 Å². The number of piperidine rings is 1. The largest absolute Gasteiger partial charge is 0.466 e. The molecule has 2 rings (SSSR count). The Morgan fingerprint density at radius 1 is 1.00 bits per heavy atom. The first-order valence-corrected chi connectivity index (χ1v) is 9.68. The van der Waals surface area contributed by atoms with Gasteiger partial charge in [-0.25, -0.2) is 4.79 Å². The number of likely N-dealkylation sites (tertiary alicyclic amines) is 2. The molecule has 25 heavy (non-hydrogen) atoms. The van der Waals surface area contributed by atoms with Crippen LogP contribution < -0.4 is 0 Å². The Balaban J connectivity index is 1.80. The summed E-state index contributed by atoms with van der Waals surface area (Å²) < 4.78 is 10.6. The maximum Gasteiger partial charge on any atom is 0.410 e. The fraction of sp³-hybridized carbons (Fsp3) is 0.895. The summed E-state index contributed by atoms with van der Waals surface area (Å²) >= 11 is 0. The van der Waals surface area contributed by atoms with Gasteiger partial charge in [-0.3, -0.25) is 4.79 Å². The molecule has 0 radical (unpaired) electrons. The molecule has 0 N–H and O–H groups in total. The smallest absolute Gasteiger partial charge is 0.410 e. The number of nitrogens with zero attached hydrogens (tertiary/aromatic N) is 2. The predicted molar refractivity (Wildman–Crippen MR) is 96.4 cm³/mol. The van der Waals surface area contributed by atoms with E-state index in [1.54, 1.807) is 0 Å². The molecule has 0 aromatic heterocycles. The predicted octanol–water partition coefficient (Wildman–Crippen LogP) is 3.05. The number of hydrogen-bond donors (Lipinski definition) is 0. The van der Waals surface area contributed by atoms with Gasteiger partial charge in [0, 0.05) is 19.1 Å². The van der Waals surface area contributed by atoms with E-state index in [4.69, 9.17) is 9.47 Å².